The van der Waals surface area contributed by atoms with E-state index in [9.17, 15) is 4.57 Å². The van der Waals surface area contributed by atoms with Crippen molar-refractivity contribution in [2.75, 3.05) is 6.61 Å². The highest BCUT2D eigenvalue weighted by Crippen LogP contribution is 2.55. The van der Waals surface area contributed by atoms with Crippen LogP contribution in [-0.4, -0.2) is 6.61 Å². The van der Waals surface area contributed by atoms with Gasteiger partial charge in [0, 0.05) is 10.0 Å². The first-order valence-electron chi connectivity index (χ1n) is 4.32. The largest absolute Gasteiger partial charge is 0.318 e. The Bertz CT molecular complexity index is 395. The van der Waals surface area contributed by atoms with E-state index in [0.29, 0.717) is 22.2 Å². The summed E-state index contributed by atoms with van der Waals surface area (Å²) in [6, 6.07) is 4.95. The summed E-state index contributed by atoms with van der Waals surface area (Å²) in [4.78, 5) is 0. The fourth-order valence-electron chi connectivity index (χ4n) is 1.09. The van der Waals surface area contributed by atoms with Gasteiger partial charge >= 0.3 is 0 Å². The van der Waals surface area contributed by atoms with E-state index in [4.69, 9.17) is 39.0 Å². The Balaban J connectivity index is 2.85. The molecule has 84 valence electrons. The van der Waals surface area contributed by atoms with Gasteiger partial charge in [-0.05, 0) is 35.9 Å². The third-order valence-electron chi connectivity index (χ3n) is 1.70. The Kier molecular flexibility index (Phi) is 4.95. The Morgan fingerprint density at radius 1 is 1.40 bits per heavy atom. The second-order valence-corrected chi connectivity index (χ2v) is 7.05. The lowest BCUT2D eigenvalue weighted by Gasteiger charge is -2.11. The molecular weight excluding hydrogens is 277 g/mol. The molecule has 1 atom stereocenters. The quantitative estimate of drug-likeness (QED) is 0.731. The highest BCUT2D eigenvalue weighted by atomic mass is 35.7. The Hall–Kier alpha value is 0.280. The van der Waals surface area contributed by atoms with Crippen molar-refractivity contribution in [1.82, 2.24) is 0 Å². The van der Waals surface area contributed by atoms with Gasteiger partial charge in [0.15, 0.2) is 0 Å². The van der Waals surface area contributed by atoms with Crippen LogP contribution in [0.15, 0.2) is 18.2 Å². The molecule has 0 saturated heterocycles. The van der Waals surface area contributed by atoms with Gasteiger partial charge in [-0.25, -0.2) is 0 Å². The van der Waals surface area contributed by atoms with Crippen molar-refractivity contribution in [3.05, 3.63) is 33.8 Å². The van der Waals surface area contributed by atoms with Crippen molar-refractivity contribution in [3.8, 4) is 0 Å². The van der Waals surface area contributed by atoms with Gasteiger partial charge in [0.05, 0.1) is 12.8 Å². The molecule has 0 aliphatic rings. The van der Waals surface area contributed by atoms with Gasteiger partial charge in [0.2, 0.25) is 0 Å². The molecule has 6 heteroatoms. The standard InChI is InChI=1S/C9H10Cl3O2P/c1-2-14-15(12,13)6-7-3-4-8(10)5-9(7)11/h3-5H,2,6H2,1H3/t15-/m1/s1. The molecule has 1 rings (SSSR count). The number of hydrogen-bond acceptors (Lipinski definition) is 2. The second-order valence-electron chi connectivity index (χ2n) is 2.90. The Labute approximate surface area is 104 Å². The average molecular weight is 288 g/mol. The van der Waals surface area contributed by atoms with Crippen molar-refractivity contribution in [2.45, 2.75) is 13.1 Å². The molecular formula is C9H10Cl3O2P. The van der Waals surface area contributed by atoms with Crippen LogP contribution in [0.3, 0.4) is 0 Å². The minimum atomic E-state index is -3.11. The highest BCUT2D eigenvalue weighted by molar-refractivity contribution is 7.84. The van der Waals surface area contributed by atoms with Crippen LogP contribution in [0.5, 0.6) is 0 Å². The van der Waals surface area contributed by atoms with E-state index in [1.165, 1.54) is 0 Å². The number of hydrogen-bond donors (Lipinski definition) is 0. The average Bonchev–Trinajstić information content (AvgIpc) is 2.09. The van der Waals surface area contributed by atoms with E-state index < -0.39 is 6.72 Å². The lowest BCUT2D eigenvalue weighted by Crippen LogP contribution is -1.90. The van der Waals surface area contributed by atoms with E-state index in [2.05, 4.69) is 0 Å². The van der Waals surface area contributed by atoms with E-state index >= 15 is 0 Å². The van der Waals surface area contributed by atoms with Gasteiger partial charge in [-0.1, -0.05) is 29.3 Å². The molecule has 15 heavy (non-hydrogen) atoms. The predicted molar refractivity (Wildman–Crippen MR) is 65.3 cm³/mol. The van der Waals surface area contributed by atoms with E-state index in [-0.39, 0.29) is 6.16 Å². The van der Waals surface area contributed by atoms with Crippen molar-refractivity contribution in [3.63, 3.8) is 0 Å². The highest BCUT2D eigenvalue weighted by Gasteiger charge is 2.20. The zero-order chi connectivity index (χ0) is 11.5. The first kappa shape index (κ1) is 13.3. The number of rotatable bonds is 4. The lowest BCUT2D eigenvalue weighted by molar-refractivity contribution is 0.344. The van der Waals surface area contributed by atoms with Gasteiger partial charge < -0.3 is 4.52 Å². The van der Waals surface area contributed by atoms with Crippen molar-refractivity contribution < 1.29 is 9.09 Å². The smallest absolute Gasteiger partial charge is 0.294 e. The minimum Gasteiger partial charge on any atom is -0.318 e. The zero-order valence-corrected chi connectivity index (χ0v) is 11.2. The van der Waals surface area contributed by atoms with Gasteiger partial charge in [0.25, 0.3) is 6.72 Å². The van der Waals surface area contributed by atoms with Crippen LogP contribution >= 0.6 is 41.2 Å². The van der Waals surface area contributed by atoms with Crippen molar-refractivity contribution in [1.29, 1.82) is 0 Å². The zero-order valence-electron chi connectivity index (χ0n) is 8.04. The van der Waals surface area contributed by atoms with Crippen molar-refractivity contribution >= 4 is 41.2 Å². The molecule has 0 aromatic heterocycles. The molecule has 1 aromatic rings. The van der Waals surface area contributed by atoms with Crippen LogP contribution in [-0.2, 0) is 15.3 Å². The molecule has 2 nitrogen and oxygen atoms in total. The van der Waals surface area contributed by atoms with Crippen LogP contribution in [0.1, 0.15) is 12.5 Å². The first-order valence-corrected chi connectivity index (χ1v) is 7.79. The molecule has 0 aliphatic heterocycles. The normalized spacial score (nSPS) is 14.9. The Morgan fingerprint density at radius 3 is 2.60 bits per heavy atom. The maximum Gasteiger partial charge on any atom is 0.294 e. The fraction of sp³-hybridized carbons (Fsp3) is 0.333. The van der Waals surface area contributed by atoms with Crippen LogP contribution in [0.25, 0.3) is 0 Å². The summed E-state index contributed by atoms with van der Waals surface area (Å²) >= 11 is 17.4. The fourth-order valence-corrected chi connectivity index (χ4v) is 3.50. The van der Waals surface area contributed by atoms with Crippen LogP contribution in [0.4, 0.5) is 0 Å². The summed E-state index contributed by atoms with van der Waals surface area (Å²) < 4.78 is 16.6. The van der Waals surface area contributed by atoms with Crippen molar-refractivity contribution in [2.24, 2.45) is 0 Å². The van der Waals surface area contributed by atoms with E-state index in [0.717, 1.165) is 0 Å². The third-order valence-corrected chi connectivity index (χ3v) is 4.30. The molecule has 0 aliphatic carbocycles. The van der Waals surface area contributed by atoms with Crippen LogP contribution < -0.4 is 0 Å². The topological polar surface area (TPSA) is 26.3 Å². The molecule has 0 fully saturated rings. The summed E-state index contributed by atoms with van der Waals surface area (Å²) in [7, 11) is 0. The summed E-state index contributed by atoms with van der Waals surface area (Å²) in [6.07, 6.45) is 0.110. The SMILES string of the molecule is CCO[P@@](=O)(Cl)Cc1ccc(Cl)cc1Cl. The third kappa shape index (κ3) is 4.34. The second kappa shape index (κ2) is 5.56. The van der Waals surface area contributed by atoms with Gasteiger partial charge in [-0.3, -0.25) is 4.57 Å². The molecule has 0 spiro atoms. The summed E-state index contributed by atoms with van der Waals surface area (Å²) in [5.41, 5.74) is 0.674. The maximum absolute atomic E-state index is 11.7. The number of benzene rings is 1. The molecule has 0 saturated carbocycles. The van der Waals surface area contributed by atoms with Gasteiger partial charge in [-0.2, -0.15) is 0 Å². The van der Waals surface area contributed by atoms with Crippen LogP contribution in [0, 0.1) is 0 Å². The lowest BCUT2D eigenvalue weighted by atomic mass is 10.2. The minimum absolute atomic E-state index is 0.110. The molecule has 0 unspecified atom stereocenters. The summed E-state index contributed by atoms with van der Waals surface area (Å²) in [5.74, 6) is 0. The van der Waals surface area contributed by atoms with Gasteiger partial charge in [-0.15, -0.1) is 0 Å². The maximum atomic E-state index is 11.7. The molecule has 0 amide bonds. The Morgan fingerprint density at radius 2 is 2.07 bits per heavy atom. The van der Waals surface area contributed by atoms with E-state index in [1.807, 2.05) is 0 Å². The van der Waals surface area contributed by atoms with Crippen LogP contribution in [0.2, 0.25) is 10.0 Å². The summed E-state index contributed by atoms with van der Waals surface area (Å²) in [5, 5.41) is 0.979. The van der Waals surface area contributed by atoms with E-state index in [1.54, 1.807) is 25.1 Å². The summed E-state index contributed by atoms with van der Waals surface area (Å²) in [6.45, 7) is -1.07. The first-order chi connectivity index (χ1) is 6.94. The van der Waals surface area contributed by atoms with Gasteiger partial charge in [0.1, 0.15) is 0 Å². The molecule has 0 radical (unpaired) electrons. The molecule has 0 N–H and O–H groups in total. The molecule has 0 bridgehead atoms. The molecule has 1 aromatic carbocycles. The molecule has 0 heterocycles. The number of halogens is 3. The monoisotopic (exact) mass is 286 g/mol. The predicted octanol–water partition coefficient (Wildman–Crippen LogP) is 4.96.